The monoisotopic (exact) mass is 180 g/mol. The van der Waals surface area contributed by atoms with Crippen LogP contribution in [0.4, 0.5) is 0 Å². The number of benzene rings is 1. The molecular weight excluding hydrogens is 164 g/mol. The van der Waals surface area contributed by atoms with Crippen LogP contribution in [0.25, 0.3) is 0 Å². The van der Waals surface area contributed by atoms with E-state index in [0.717, 1.165) is 0 Å². The van der Waals surface area contributed by atoms with Crippen molar-refractivity contribution in [3.8, 4) is 0 Å². The van der Waals surface area contributed by atoms with Gasteiger partial charge in [-0.2, -0.15) is 0 Å². The number of hydrogen-bond donors (Lipinski definition) is 0. The van der Waals surface area contributed by atoms with Crippen molar-refractivity contribution in [2.45, 2.75) is 18.6 Å². The van der Waals surface area contributed by atoms with E-state index in [2.05, 4.69) is 36.9 Å². The van der Waals surface area contributed by atoms with Crippen molar-refractivity contribution in [3.63, 3.8) is 0 Å². The molecule has 0 saturated heterocycles. The predicted octanol–water partition coefficient (Wildman–Crippen LogP) is 0.534. The first-order valence-electron chi connectivity index (χ1n) is 4.47. The highest BCUT2D eigenvalue weighted by Gasteiger charge is 1.90. The second-order valence-corrected chi connectivity index (χ2v) is 6.67. The molecule has 0 bridgehead atoms. The molecule has 1 aromatic rings. The van der Waals surface area contributed by atoms with Crippen molar-refractivity contribution in [1.29, 1.82) is 0 Å². The fourth-order valence-electron chi connectivity index (χ4n) is 1.22. The number of hydrogen-bond acceptors (Lipinski definition) is 0. The zero-order chi connectivity index (χ0) is 7.94. The smallest absolute Gasteiger partial charge is 0.0544 e. The van der Waals surface area contributed by atoms with E-state index >= 15 is 0 Å². The van der Waals surface area contributed by atoms with Gasteiger partial charge in [-0.25, -0.2) is 0 Å². The van der Waals surface area contributed by atoms with Crippen molar-refractivity contribution in [2.75, 3.05) is 0 Å². The van der Waals surface area contributed by atoms with Crippen LogP contribution in [0.15, 0.2) is 30.3 Å². The van der Waals surface area contributed by atoms with Gasteiger partial charge in [-0.05, 0) is 0 Å². The standard InChI is InChI=1S/C9H16Si2/c1-10-7-8-11-9-5-3-2-4-6-9/h2-6H,7-8,10-11H2,1H3. The molecular formula is C9H16Si2. The lowest BCUT2D eigenvalue weighted by atomic mass is 10.4. The SMILES string of the molecule is C[SiH2]CC[SiH2]c1ccccc1. The van der Waals surface area contributed by atoms with Crippen LogP contribution in [0.3, 0.4) is 0 Å². The third kappa shape index (κ3) is 3.53. The highest BCUT2D eigenvalue weighted by Crippen LogP contribution is 1.89. The van der Waals surface area contributed by atoms with Crippen LogP contribution in [0.2, 0.25) is 18.6 Å². The summed E-state index contributed by atoms with van der Waals surface area (Å²) >= 11 is 0. The lowest BCUT2D eigenvalue weighted by Crippen LogP contribution is -2.12. The van der Waals surface area contributed by atoms with Crippen LogP contribution in [0.1, 0.15) is 0 Å². The maximum atomic E-state index is 2.40. The molecule has 0 aliphatic rings. The molecule has 1 aromatic carbocycles. The minimum absolute atomic E-state index is 0.112. The Hall–Kier alpha value is -0.346. The van der Waals surface area contributed by atoms with E-state index in [-0.39, 0.29) is 9.52 Å². The largest absolute Gasteiger partial charge is 0.0748 e. The third-order valence-corrected chi connectivity index (χ3v) is 6.02. The molecule has 0 unspecified atom stereocenters. The minimum Gasteiger partial charge on any atom is -0.0748 e. The van der Waals surface area contributed by atoms with Crippen LogP contribution in [0.5, 0.6) is 0 Å². The van der Waals surface area contributed by atoms with Gasteiger partial charge in [0.1, 0.15) is 0 Å². The molecule has 0 nitrogen and oxygen atoms in total. The Labute approximate surface area is 73.7 Å². The first-order valence-corrected chi connectivity index (χ1v) is 8.59. The summed E-state index contributed by atoms with van der Waals surface area (Å²) in [6.07, 6.45) is 0. The summed E-state index contributed by atoms with van der Waals surface area (Å²) in [5.74, 6) is 0. The van der Waals surface area contributed by atoms with Crippen LogP contribution in [0, 0.1) is 0 Å². The summed E-state index contributed by atoms with van der Waals surface area (Å²) in [5, 5.41) is 1.63. The molecule has 1 rings (SSSR count). The van der Waals surface area contributed by atoms with Gasteiger partial charge >= 0.3 is 0 Å². The Morgan fingerprint density at radius 3 is 2.45 bits per heavy atom. The van der Waals surface area contributed by atoms with Crippen LogP contribution < -0.4 is 5.19 Å². The molecule has 60 valence electrons. The summed E-state index contributed by atoms with van der Waals surface area (Å²) in [6.45, 7) is 2.40. The quantitative estimate of drug-likeness (QED) is 0.468. The van der Waals surface area contributed by atoms with Gasteiger partial charge < -0.3 is 0 Å². The summed E-state index contributed by atoms with van der Waals surface area (Å²) in [5.41, 5.74) is 0. The zero-order valence-corrected chi connectivity index (χ0v) is 10.0. The molecule has 0 aliphatic carbocycles. The highest BCUT2D eigenvalue weighted by atomic mass is 28.2. The molecule has 0 fully saturated rings. The maximum absolute atomic E-state index is 2.40. The molecule has 0 N–H and O–H groups in total. The first kappa shape index (κ1) is 8.75. The van der Waals surface area contributed by atoms with Crippen molar-refractivity contribution in [2.24, 2.45) is 0 Å². The molecule has 0 amide bonds. The van der Waals surface area contributed by atoms with E-state index in [1.165, 1.54) is 6.04 Å². The van der Waals surface area contributed by atoms with Crippen molar-refractivity contribution in [3.05, 3.63) is 30.3 Å². The maximum Gasteiger partial charge on any atom is 0.0544 e. The highest BCUT2D eigenvalue weighted by molar-refractivity contribution is 6.54. The van der Waals surface area contributed by atoms with Gasteiger partial charge in [-0.1, -0.05) is 54.2 Å². The Morgan fingerprint density at radius 2 is 1.82 bits per heavy atom. The Balaban J connectivity index is 2.28. The van der Waals surface area contributed by atoms with Gasteiger partial charge in [-0.15, -0.1) is 0 Å². The average molecular weight is 180 g/mol. The van der Waals surface area contributed by atoms with Gasteiger partial charge in [0.05, 0.1) is 9.52 Å². The summed E-state index contributed by atoms with van der Waals surface area (Å²) in [6, 6.07) is 14.1. The van der Waals surface area contributed by atoms with E-state index in [1.807, 2.05) is 0 Å². The Morgan fingerprint density at radius 1 is 1.09 bits per heavy atom. The van der Waals surface area contributed by atoms with Gasteiger partial charge in [0.25, 0.3) is 0 Å². The molecule has 0 spiro atoms. The third-order valence-electron chi connectivity index (χ3n) is 1.91. The lowest BCUT2D eigenvalue weighted by Gasteiger charge is -1.97. The normalized spacial score (nSPS) is 12.1. The summed E-state index contributed by atoms with van der Waals surface area (Å²) < 4.78 is 0. The molecule has 0 aromatic heterocycles. The van der Waals surface area contributed by atoms with E-state index in [0.29, 0.717) is 9.52 Å². The summed E-state index contributed by atoms with van der Waals surface area (Å²) in [7, 11) is 0.445. The van der Waals surface area contributed by atoms with Crippen molar-refractivity contribution in [1.82, 2.24) is 0 Å². The Kier molecular flexibility index (Phi) is 4.23. The second kappa shape index (κ2) is 5.32. The molecule has 11 heavy (non-hydrogen) atoms. The first-order chi connectivity index (χ1) is 5.43. The molecule has 0 radical (unpaired) electrons. The van der Waals surface area contributed by atoms with Crippen molar-refractivity contribution >= 4 is 24.2 Å². The van der Waals surface area contributed by atoms with Crippen LogP contribution in [-0.4, -0.2) is 19.0 Å². The average Bonchev–Trinajstić information content (AvgIpc) is 2.07. The van der Waals surface area contributed by atoms with E-state index in [1.54, 1.807) is 11.2 Å². The molecule has 0 atom stereocenters. The van der Waals surface area contributed by atoms with Gasteiger partial charge in [0.2, 0.25) is 0 Å². The minimum atomic E-state index is 0.112. The van der Waals surface area contributed by atoms with Gasteiger partial charge in [0, 0.05) is 9.52 Å². The molecule has 0 saturated carbocycles. The van der Waals surface area contributed by atoms with Crippen LogP contribution >= 0.6 is 0 Å². The molecule has 0 heterocycles. The predicted molar refractivity (Wildman–Crippen MR) is 58.6 cm³/mol. The van der Waals surface area contributed by atoms with Crippen LogP contribution in [-0.2, 0) is 0 Å². The van der Waals surface area contributed by atoms with Gasteiger partial charge in [-0.3, -0.25) is 0 Å². The fraction of sp³-hybridized carbons (Fsp3) is 0.333. The topological polar surface area (TPSA) is 0 Å². The second-order valence-electron chi connectivity index (χ2n) is 2.94. The summed E-state index contributed by atoms with van der Waals surface area (Å²) in [4.78, 5) is 0. The Bertz CT molecular complexity index is 184. The molecule has 2 heteroatoms. The fourth-order valence-corrected chi connectivity index (χ4v) is 5.24. The van der Waals surface area contributed by atoms with E-state index in [9.17, 15) is 0 Å². The molecule has 0 aliphatic heterocycles. The van der Waals surface area contributed by atoms with E-state index < -0.39 is 0 Å². The van der Waals surface area contributed by atoms with Crippen molar-refractivity contribution < 1.29 is 0 Å². The zero-order valence-electron chi connectivity index (χ0n) is 7.22. The van der Waals surface area contributed by atoms with Gasteiger partial charge in [0.15, 0.2) is 0 Å². The number of rotatable bonds is 4. The lowest BCUT2D eigenvalue weighted by molar-refractivity contribution is 1.42. The van der Waals surface area contributed by atoms with E-state index in [4.69, 9.17) is 0 Å².